The van der Waals surface area contributed by atoms with Gasteiger partial charge in [0.1, 0.15) is 0 Å². The van der Waals surface area contributed by atoms with Crippen molar-refractivity contribution in [1.29, 1.82) is 0 Å². The minimum Gasteiger partial charge on any atom is -0.373 e. The molecule has 6 nitrogen and oxygen atoms in total. The summed E-state index contributed by atoms with van der Waals surface area (Å²) in [6, 6.07) is 12.5. The van der Waals surface area contributed by atoms with Crippen molar-refractivity contribution in [2.24, 2.45) is 4.99 Å². The number of rotatable bonds is 6. The lowest BCUT2D eigenvalue weighted by atomic mass is 10.1. The van der Waals surface area contributed by atoms with Gasteiger partial charge >= 0.3 is 0 Å². The maximum Gasteiger partial charge on any atom is 0.193 e. The van der Waals surface area contributed by atoms with Gasteiger partial charge in [0, 0.05) is 51.9 Å². The zero-order valence-electron chi connectivity index (χ0n) is 18.0. The molecule has 0 amide bonds. The van der Waals surface area contributed by atoms with Crippen LogP contribution in [-0.4, -0.2) is 91.8 Å². The molecule has 1 aromatic carbocycles. The topological polar surface area (TPSA) is 43.3 Å². The predicted octanol–water partition coefficient (Wildman–Crippen LogP) is 2.25. The predicted molar refractivity (Wildman–Crippen MR) is 129 cm³/mol. The van der Waals surface area contributed by atoms with E-state index >= 15 is 0 Å². The molecule has 4 rings (SSSR count). The molecular weight excluding hydrogens is 477 g/mol. The third-order valence-corrected chi connectivity index (χ3v) is 6.53. The Morgan fingerprint density at radius 2 is 2.03 bits per heavy atom. The lowest BCUT2D eigenvalue weighted by molar-refractivity contribution is -0.0502. The summed E-state index contributed by atoms with van der Waals surface area (Å²) in [5.74, 6) is 1.01. The van der Waals surface area contributed by atoms with Gasteiger partial charge in [-0.2, -0.15) is 0 Å². The summed E-state index contributed by atoms with van der Waals surface area (Å²) in [4.78, 5) is 12.0. The minimum absolute atomic E-state index is 0. The van der Waals surface area contributed by atoms with Crippen molar-refractivity contribution in [3.63, 3.8) is 0 Å². The Bertz CT molecular complexity index is 668. The Morgan fingerprint density at radius 1 is 1.28 bits per heavy atom. The summed E-state index contributed by atoms with van der Waals surface area (Å²) in [5.41, 5.74) is 1.38. The molecule has 0 aromatic heterocycles. The number of hydrogen-bond acceptors (Lipinski definition) is 4. The Labute approximate surface area is 192 Å². The van der Waals surface area contributed by atoms with Gasteiger partial charge in [-0.05, 0) is 32.4 Å². The van der Waals surface area contributed by atoms with E-state index in [-0.39, 0.29) is 30.1 Å². The van der Waals surface area contributed by atoms with Crippen molar-refractivity contribution in [3.8, 4) is 0 Å². The number of hydrogen-bond donors (Lipinski definition) is 1. The fourth-order valence-corrected chi connectivity index (χ4v) is 4.50. The molecule has 0 bridgehead atoms. The second-order valence-corrected chi connectivity index (χ2v) is 8.51. The molecule has 2 aliphatic heterocycles. The fraction of sp³-hybridized carbons (Fsp3) is 0.682. The van der Waals surface area contributed by atoms with Crippen molar-refractivity contribution in [2.75, 3.05) is 46.9 Å². The molecule has 0 radical (unpaired) electrons. The Hall–Kier alpha value is -0.900. The SMILES string of the molecule is CN=C(NCC(C)N(C)C1CC1)N1CC2OCCN(Cc3ccccc3)C2C1.I. The Kier molecular flexibility index (Phi) is 8.18. The molecule has 3 atom stereocenters. The van der Waals surface area contributed by atoms with Crippen LogP contribution in [-0.2, 0) is 11.3 Å². The van der Waals surface area contributed by atoms with Crippen LogP contribution >= 0.6 is 24.0 Å². The molecule has 1 saturated carbocycles. The van der Waals surface area contributed by atoms with Crippen LogP contribution in [0.25, 0.3) is 0 Å². The Morgan fingerprint density at radius 3 is 2.72 bits per heavy atom. The molecule has 1 aliphatic carbocycles. The van der Waals surface area contributed by atoms with Crippen LogP contribution in [0.4, 0.5) is 0 Å². The van der Waals surface area contributed by atoms with E-state index in [0.717, 1.165) is 51.3 Å². The molecule has 3 fully saturated rings. The van der Waals surface area contributed by atoms with E-state index in [2.05, 4.69) is 69.3 Å². The van der Waals surface area contributed by atoms with Gasteiger partial charge in [-0.15, -0.1) is 24.0 Å². The second kappa shape index (κ2) is 10.4. The van der Waals surface area contributed by atoms with Crippen LogP contribution in [0.15, 0.2) is 35.3 Å². The van der Waals surface area contributed by atoms with Crippen LogP contribution in [0.3, 0.4) is 0 Å². The van der Waals surface area contributed by atoms with Crippen molar-refractivity contribution in [1.82, 2.24) is 20.0 Å². The highest BCUT2D eigenvalue weighted by atomic mass is 127. The highest BCUT2D eigenvalue weighted by Gasteiger charge is 2.41. The van der Waals surface area contributed by atoms with E-state index in [1.165, 1.54) is 18.4 Å². The first-order valence-corrected chi connectivity index (χ1v) is 10.7. The van der Waals surface area contributed by atoms with E-state index in [0.29, 0.717) is 12.1 Å². The van der Waals surface area contributed by atoms with E-state index in [4.69, 9.17) is 4.74 Å². The van der Waals surface area contributed by atoms with Crippen molar-refractivity contribution in [2.45, 2.75) is 50.5 Å². The zero-order valence-corrected chi connectivity index (χ0v) is 20.3. The van der Waals surface area contributed by atoms with Crippen molar-refractivity contribution < 1.29 is 4.74 Å². The number of morpholine rings is 1. The first-order valence-electron chi connectivity index (χ1n) is 10.7. The van der Waals surface area contributed by atoms with Gasteiger partial charge in [0.2, 0.25) is 0 Å². The zero-order chi connectivity index (χ0) is 19.5. The summed E-state index contributed by atoms with van der Waals surface area (Å²) >= 11 is 0. The molecule has 1 N–H and O–H groups in total. The highest BCUT2D eigenvalue weighted by Crippen LogP contribution is 2.27. The number of ether oxygens (including phenoxy) is 1. The number of nitrogens with zero attached hydrogens (tertiary/aromatic N) is 4. The summed E-state index contributed by atoms with van der Waals surface area (Å²) in [5, 5.41) is 3.61. The van der Waals surface area contributed by atoms with Crippen LogP contribution in [0.5, 0.6) is 0 Å². The molecule has 2 saturated heterocycles. The molecule has 3 unspecified atom stereocenters. The molecule has 2 heterocycles. The van der Waals surface area contributed by atoms with Gasteiger partial charge in [-0.1, -0.05) is 30.3 Å². The maximum atomic E-state index is 6.12. The molecular formula is C22H36IN5O. The number of aliphatic imine (C=N–C) groups is 1. The lowest BCUT2D eigenvalue weighted by Crippen LogP contribution is -2.50. The Balaban J connectivity index is 0.00000240. The first kappa shape index (κ1) is 22.8. The monoisotopic (exact) mass is 513 g/mol. The maximum absolute atomic E-state index is 6.12. The van der Waals surface area contributed by atoms with Gasteiger partial charge in [0.15, 0.2) is 5.96 Å². The van der Waals surface area contributed by atoms with Crippen molar-refractivity contribution >= 4 is 29.9 Å². The quantitative estimate of drug-likeness (QED) is 0.359. The number of halogens is 1. The summed E-state index contributed by atoms with van der Waals surface area (Å²) in [7, 11) is 4.13. The summed E-state index contributed by atoms with van der Waals surface area (Å²) in [6.45, 7) is 7.93. The van der Waals surface area contributed by atoms with Crippen LogP contribution < -0.4 is 5.32 Å². The lowest BCUT2D eigenvalue weighted by Gasteiger charge is -2.36. The average molecular weight is 513 g/mol. The summed E-state index contributed by atoms with van der Waals surface area (Å²) < 4.78 is 6.12. The molecule has 162 valence electrons. The third kappa shape index (κ3) is 5.62. The number of likely N-dealkylation sites (tertiary alicyclic amines) is 1. The summed E-state index contributed by atoms with van der Waals surface area (Å²) in [6.07, 6.45) is 2.96. The smallest absolute Gasteiger partial charge is 0.193 e. The first-order chi connectivity index (χ1) is 13.7. The molecule has 1 aromatic rings. The molecule has 0 spiro atoms. The van der Waals surface area contributed by atoms with Crippen LogP contribution in [0.1, 0.15) is 25.3 Å². The number of nitrogens with one attached hydrogen (secondary N) is 1. The standard InChI is InChI=1S/C22H35N5O.HI/c1-17(25(3)19-9-10-19)13-24-22(23-2)27-15-20-21(16-27)28-12-11-26(20)14-18-7-5-4-6-8-18;/h4-8,17,19-21H,9-16H2,1-3H3,(H,23,24);1H. The van der Waals surface area contributed by atoms with Gasteiger partial charge in [-0.3, -0.25) is 14.8 Å². The second-order valence-electron chi connectivity index (χ2n) is 8.51. The molecule has 7 heteroatoms. The largest absolute Gasteiger partial charge is 0.373 e. The van der Waals surface area contributed by atoms with Crippen molar-refractivity contribution in [3.05, 3.63) is 35.9 Å². The van der Waals surface area contributed by atoms with E-state index in [9.17, 15) is 0 Å². The van der Waals surface area contributed by atoms with Crippen LogP contribution in [0.2, 0.25) is 0 Å². The number of likely N-dealkylation sites (N-methyl/N-ethyl adjacent to an activating group) is 1. The average Bonchev–Trinajstić information content (AvgIpc) is 3.47. The minimum atomic E-state index is 0. The van der Waals surface area contributed by atoms with E-state index < -0.39 is 0 Å². The number of guanidine groups is 1. The van der Waals surface area contributed by atoms with E-state index in [1.54, 1.807) is 0 Å². The van der Waals surface area contributed by atoms with Gasteiger partial charge < -0.3 is 15.0 Å². The van der Waals surface area contributed by atoms with Gasteiger partial charge in [0.25, 0.3) is 0 Å². The van der Waals surface area contributed by atoms with Crippen LogP contribution in [0, 0.1) is 0 Å². The van der Waals surface area contributed by atoms with Gasteiger partial charge in [0.05, 0.1) is 18.8 Å². The van der Waals surface area contributed by atoms with Gasteiger partial charge in [-0.25, -0.2) is 0 Å². The molecule has 29 heavy (non-hydrogen) atoms. The normalized spacial score (nSPS) is 26.2. The third-order valence-electron chi connectivity index (χ3n) is 6.53. The number of fused-ring (bicyclic) bond motifs is 1. The molecule has 3 aliphatic rings. The number of benzene rings is 1. The van der Waals surface area contributed by atoms with E-state index in [1.807, 2.05) is 7.05 Å². The highest BCUT2D eigenvalue weighted by molar-refractivity contribution is 14.0. The fourth-order valence-electron chi connectivity index (χ4n) is 4.50.